The summed E-state index contributed by atoms with van der Waals surface area (Å²) in [6, 6.07) is 0. The van der Waals surface area contributed by atoms with Crippen molar-refractivity contribution in [2.24, 2.45) is 41.4 Å². The van der Waals surface area contributed by atoms with Gasteiger partial charge in [0.15, 0.2) is 6.79 Å². The number of carbonyl (C=O) groups excluding carboxylic acids is 1. The van der Waals surface area contributed by atoms with Crippen molar-refractivity contribution in [2.45, 2.75) is 50.7 Å². The molecule has 30 heavy (non-hydrogen) atoms. The summed E-state index contributed by atoms with van der Waals surface area (Å²) in [4.78, 5) is 11.6. The number of methoxy groups -OCH3 is 1. The zero-order valence-corrected chi connectivity index (χ0v) is 16.8. The second kappa shape index (κ2) is 7.81. The Hall–Kier alpha value is -1.07. The van der Waals surface area contributed by atoms with E-state index in [0.29, 0.717) is 6.42 Å². The molecule has 5 nitrogen and oxygen atoms in total. The number of fused-ring (bicyclic) bond motifs is 5. The minimum atomic E-state index is -5.90. The van der Waals surface area contributed by atoms with Crippen molar-refractivity contribution < 1.29 is 50.5 Å². The van der Waals surface area contributed by atoms with Crippen LogP contribution in [0.2, 0.25) is 0 Å². The van der Waals surface area contributed by atoms with Crippen LogP contribution in [0.1, 0.15) is 26.7 Å². The van der Waals surface area contributed by atoms with Gasteiger partial charge in [-0.25, -0.2) is 4.79 Å². The van der Waals surface area contributed by atoms with Gasteiger partial charge in [0.25, 0.3) is 5.60 Å². The van der Waals surface area contributed by atoms with Crippen molar-refractivity contribution in [3.63, 3.8) is 0 Å². The maximum atomic E-state index is 14.0. The minimum absolute atomic E-state index is 0.0273. The van der Waals surface area contributed by atoms with Gasteiger partial charge in [-0.05, 0) is 48.3 Å². The summed E-state index contributed by atoms with van der Waals surface area (Å²) in [5, 5.41) is 10.7. The van der Waals surface area contributed by atoms with E-state index < -0.39 is 67.6 Å². The van der Waals surface area contributed by atoms with Crippen LogP contribution in [0.3, 0.4) is 0 Å². The number of hydrogen-bond acceptors (Lipinski definition) is 5. The number of alkyl halides is 6. The van der Waals surface area contributed by atoms with Gasteiger partial charge in [0.05, 0.1) is 6.10 Å². The largest absolute Gasteiger partial charge is 0.437 e. The van der Waals surface area contributed by atoms with E-state index >= 15 is 0 Å². The molecule has 174 valence electrons. The van der Waals surface area contributed by atoms with Gasteiger partial charge < -0.3 is 19.3 Å². The fourth-order valence-electron chi connectivity index (χ4n) is 6.34. The summed E-state index contributed by atoms with van der Waals surface area (Å²) >= 11 is 0. The van der Waals surface area contributed by atoms with Gasteiger partial charge in [0.2, 0.25) is 0 Å². The summed E-state index contributed by atoms with van der Waals surface area (Å²) in [6.07, 6.45) is -13.4. The van der Waals surface area contributed by atoms with Crippen molar-refractivity contribution in [3.8, 4) is 0 Å². The Balaban J connectivity index is 1.94. The molecule has 2 bridgehead atoms. The molecular formula is C19H26F6O5. The molecule has 0 radical (unpaired) electrons. The number of carbonyl (C=O) groups is 1. The molecule has 11 heteroatoms. The molecule has 1 N–H and O–H groups in total. The van der Waals surface area contributed by atoms with Crippen LogP contribution in [-0.2, 0) is 19.0 Å². The number of aliphatic hydroxyl groups is 1. The van der Waals surface area contributed by atoms with Gasteiger partial charge in [0.1, 0.15) is 6.61 Å². The minimum Gasteiger partial charge on any atom is -0.437 e. The highest BCUT2D eigenvalue weighted by Crippen LogP contribution is 2.67. The van der Waals surface area contributed by atoms with Crippen LogP contribution in [-0.4, -0.2) is 55.6 Å². The molecule has 3 saturated carbocycles. The van der Waals surface area contributed by atoms with Gasteiger partial charge in [-0.1, -0.05) is 13.8 Å². The van der Waals surface area contributed by atoms with Crippen LogP contribution < -0.4 is 0 Å². The molecule has 0 aliphatic heterocycles. The molecule has 0 amide bonds. The summed E-state index contributed by atoms with van der Waals surface area (Å²) in [5.41, 5.74) is -4.66. The van der Waals surface area contributed by atoms with Crippen LogP contribution in [0.5, 0.6) is 0 Å². The van der Waals surface area contributed by atoms with Gasteiger partial charge >= 0.3 is 18.3 Å². The molecule has 3 fully saturated rings. The zero-order chi connectivity index (χ0) is 22.6. The van der Waals surface area contributed by atoms with E-state index in [1.807, 2.05) is 13.8 Å². The Bertz CT molecular complexity index is 636. The maximum Gasteiger partial charge on any atom is 0.426 e. The molecular weight excluding hydrogens is 422 g/mol. The Labute approximate surface area is 170 Å². The molecule has 0 heterocycles. The quantitative estimate of drug-likeness (QED) is 0.383. The predicted octanol–water partition coefficient (Wildman–Crippen LogP) is 3.55. The highest BCUT2D eigenvalue weighted by Gasteiger charge is 2.79. The molecule has 8 unspecified atom stereocenters. The van der Waals surface area contributed by atoms with Gasteiger partial charge in [-0.3, -0.25) is 0 Å². The van der Waals surface area contributed by atoms with E-state index in [-0.39, 0.29) is 23.7 Å². The van der Waals surface area contributed by atoms with E-state index in [1.54, 1.807) is 0 Å². The zero-order valence-electron chi connectivity index (χ0n) is 16.8. The number of rotatable bonds is 6. The van der Waals surface area contributed by atoms with Crippen molar-refractivity contribution in [1.29, 1.82) is 0 Å². The van der Waals surface area contributed by atoms with Crippen LogP contribution in [0.25, 0.3) is 0 Å². The number of ether oxygens (including phenoxy) is 3. The number of aliphatic hydroxyl groups excluding tert-OH is 1. The first kappa shape index (κ1) is 23.6. The topological polar surface area (TPSA) is 65.0 Å². The first-order chi connectivity index (χ1) is 13.8. The summed E-state index contributed by atoms with van der Waals surface area (Å²) in [7, 11) is 1.13. The lowest BCUT2D eigenvalue weighted by Crippen LogP contribution is -2.65. The predicted molar refractivity (Wildman–Crippen MR) is 89.8 cm³/mol. The molecule has 3 aliphatic carbocycles. The molecule has 0 aromatic heterocycles. The van der Waals surface area contributed by atoms with Crippen molar-refractivity contribution in [1.82, 2.24) is 0 Å². The Kier molecular flexibility index (Phi) is 6.14. The fourth-order valence-corrected chi connectivity index (χ4v) is 6.34. The number of hydrogen-bond donors (Lipinski definition) is 1. The maximum absolute atomic E-state index is 14.0. The summed E-state index contributed by atoms with van der Waals surface area (Å²) in [6.45, 7) is 1.67. The Morgan fingerprint density at radius 2 is 1.53 bits per heavy atom. The second-order valence-corrected chi connectivity index (χ2v) is 8.80. The van der Waals surface area contributed by atoms with Crippen molar-refractivity contribution >= 4 is 5.97 Å². The third-order valence-electron chi connectivity index (χ3n) is 7.72. The highest BCUT2D eigenvalue weighted by molar-refractivity contribution is 5.70. The lowest BCUT2D eigenvalue weighted by atomic mass is 9.70. The van der Waals surface area contributed by atoms with Crippen molar-refractivity contribution in [2.75, 3.05) is 20.5 Å². The molecule has 0 aromatic carbocycles. The van der Waals surface area contributed by atoms with E-state index in [0.717, 1.165) is 7.11 Å². The van der Waals surface area contributed by atoms with E-state index in [4.69, 9.17) is 0 Å². The number of halogens is 6. The first-order valence-electron chi connectivity index (χ1n) is 9.88. The molecule has 3 aliphatic rings. The molecule has 0 aromatic rings. The fraction of sp³-hybridized carbons (Fsp3) is 0.947. The first-order valence-corrected chi connectivity index (χ1v) is 9.88. The normalized spacial score (nSPS) is 38.7. The monoisotopic (exact) mass is 448 g/mol. The van der Waals surface area contributed by atoms with Crippen molar-refractivity contribution in [3.05, 3.63) is 0 Å². The lowest BCUT2D eigenvalue weighted by molar-refractivity contribution is -0.401. The lowest BCUT2D eigenvalue weighted by Gasteiger charge is -2.43. The molecule has 0 saturated heterocycles. The number of esters is 1. The Morgan fingerprint density at radius 3 is 2.07 bits per heavy atom. The second-order valence-electron chi connectivity index (χ2n) is 8.80. The smallest absolute Gasteiger partial charge is 0.426 e. The van der Waals surface area contributed by atoms with Gasteiger partial charge in [-0.15, -0.1) is 0 Å². The average molecular weight is 448 g/mol. The third-order valence-corrected chi connectivity index (χ3v) is 7.72. The van der Waals surface area contributed by atoms with Gasteiger partial charge in [-0.2, -0.15) is 26.3 Å². The van der Waals surface area contributed by atoms with Crippen LogP contribution in [0.15, 0.2) is 0 Å². The molecule has 0 spiro atoms. The van der Waals surface area contributed by atoms with E-state index in [1.165, 1.54) is 0 Å². The van der Waals surface area contributed by atoms with Crippen LogP contribution in [0.4, 0.5) is 26.3 Å². The SMILES string of the molecule is COCOC(=O)COC(C1CC2C3CC(C(C)C3C)C2C1O)(C(F)(F)F)C(F)(F)F. The van der Waals surface area contributed by atoms with E-state index in [2.05, 4.69) is 14.2 Å². The molecule has 3 rings (SSSR count). The third kappa shape index (κ3) is 3.40. The summed E-state index contributed by atoms with van der Waals surface area (Å²) < 4.78 is 97.2. The molecule has 8 atom stereocenters. The van der Waals surface area contributed by atoms with E-state index in [9.17, 15) is 36.2 Å². The average Bonchev–Trinajstić information content (AvgIpc) is 3.24. The van der Waals surface area contributed by atoms with Gasteiger partial charge in [0, 0.05) is 13.0 Å². The standard InChI is InChI=1S/C19H26F6O5/c1-8-9(2)11-4-10(8)12-5-13(16(27)15(11)12)17(18(20,21)22,19(23,24)25)30-6-14(26)29-7-28-3/h8-13,15-16,27H,4-7H2,1-3H3. The highest BCUT2D eigenvalue weighted by atomic mass is 19.4. The Morgan fingerprint density at radius 1 is 0.967 bits per heavy atom. The van der Waals surface area contributed by atoms with Crippen LogP contribution >= 0.6 is 0 Å². The summed E-state index contributed by atoms with van der Waals surface area (Å²) in [5.74, 6) is -4.63. The van der Waals surface area contributed by atoms with Crippen LogP contribution in [0, 0.1) is 41.4 Å².